The van der Waals surface area contributed by atoms with Crippen molar-refractivity contribution in [2.75, 3.05) is 11.1 Å². The summed E-state index contributed by atoms with van der Waals surface area (Å²) in [7, 11) is 0. The molecule has 1 heterocycles. The number of hydrogen-bond donors (Lipinski definition) is 2. The molecule has 2 aromatic carbocycles. The van der Waals surface area contributed by atoms with Crippen LogP contribution >= 0.6 is 27.3 Å². The number of carbonyl (C=O) groups excluding carboxylic acids is 1. The maximum atomic E-state index is 13.8. The van der Waals surface area contributed by atoms with Gasteiger partial charge in [0, 0.05) is 9.17 Å². The number of amides is 1. The van der Waals surface area contributed by atoms with Gasteiger partial charge in [0.2, 0.25) is 0 Å². The highest BCUT2D eigenvalue weighted by Crippen LogP contribution is 2.36. The maximum absolute atomic E-state index is 13.8. The maximum Gasteiger partial charge on any atom is 0.267 e. The summed E-state index contributed by atoms with van der Waals surface area (Å²) in [6.07, 6.45) is 0. The van der Waals surface area contributed by atoms with Gasteiger partial charge in [-0.05, 0) is 40.2 Å². The van der Waals surface area contributed by atoms with E-state index >= 15 is 0 Å². The Morgan fingerprint density at radius 1 is 1.19 bits per heavy atom. The number of anilines is 2. The quantitative estimate of drug-likeness (QED) is 0.695. The zero-order valence-electron chi connectivity index (χ0n) is 10.7. The Morgan fingerprint density at radius 2 is 1.95 bits per heavy atom. The number of para-hydroxylation sites is 1. The summed E-state index contributed by atoms with van der Waals surface area (Å²) >= 11 is 4.54. The van der Waals surface area contributed by atoms with E-state index in [0.29, 0.717) is 20.7 Å². The van der Waals surface area contributed by atoms with Crippen LogP contribution < -0.4 is 11.1 Å². The molecular formula is C15H10BrFN2OS. The van der Waals surface area contributed by atoms with Gasteiger partial charge in [-0.2, -0.15) is 0 Å². The Morgan fingerprint density at radius 3 is 2.67 bits per heavy atom. The lowest BCUT2D eigenvalue weighted by molar-refractivity contribution is 0.103. The molecule has 0 fully saturated rings. The van der Waals surface area contributed by atoms with Crippen LogP contribution in [0.4, 0.5) is 15.8 Å². The average molecular weight is 365 g/mol. The van der Waals surface area contributed by atoms with E-state index in [-0.39, 0.29) is 11.6 Å². The second kappa shape index (κ2) is 5.46. The third-order valence-corrected chi connectivity index (χ3v) is 4.89. The number of nitrogens with two attached hydrogens (primary N) is 1. The summed E-state index contributed by atoms with van der Waals surface area (Å²) in [6.45, 7) is 0. The van der Waals surface area contributed by atoms with E-state index in [1.54, 1.807) is 18.2 Å². The zero-order chi connectivity index (χ0) is 15.0. The van der Waals surface area contributed by atoms with Crippen LogP contribution in [0.15, 0.2) is 46.9 Å². The molecular weight excluding hydrogens is 355 g/mol. The molecule has 0 saturated heterocycles. The summed E-state index contributed by atoms with van der Waals surface area (Å²) in [5.74, 6) is -0.763. The number of rotatable bonds is 2. The summed E-state index contributed by atoms with van der Waals surface area (Å²) in [4.78, 5) is 12.7. The first-order valence-electron chi connectivity index (χ1n) is 6.10. The van der Waals surface area contributed by atoms with E-state index < -0.39 is 5.82 Å². The topological polar surface area (TPSA) is 55.1 Å². The molecule has 0 spiro atoms. The molecule has 0 atom stereocenters. The van der Waals surface area contributed by atoms with E-state index in [2.05, 4.69) is 21.2 Å². The van der Waals surface area contributed by atoms with Gasteiger partial charge in [-0.25, -0.2) is 4.39 Å². The van der Waals surface area contributed by atoms with Crippen molar-refractivity contribution >= 4 is 54.6 Å². The molecule has 106 valence electrons. The fourth-order valence-corrected chi connectivity index (χ4v) is 3.46. The molecule has 0 saturated carbocycles. The first-order chi connectivity index (χ1) is 10.1. The van der Waals surface area contributed by atoms with Crippen molar-refractivity contribution in [3.63, 3.8) is 0 Å². The van der Waals surface area contributed by atoms with Crippen LogP contribution in [-0.4, -0.2) is 5.91 Å². The van der Waals surface area contributed by atoms with Gasteiger partial charge in [-0.15, -0.1) is 11.3 Å². The van der Waals surface area contributed by atoms with E-state index in [1.165, 1.54) is 17.4 Å². The van der Waals surface area contributed by atoms with Gasteiger partial charge in [0.05, 0.1) is 16.8 Å². The number of thiophene rings is 1. The number of halogens is 2. The van der Waals surface area contributed by atoms with Gasteiger partial charge in [-0.3, -0.25) is 4.79 Å². The van der Waals surface area contributed by atoms with Crippen LogP contribution in [0.3, 0.4) is 0 Å². The minimum atomic E-state index is -0.416. The molecule has 3 rings (SSSR count). The minimum absolute atomic E-state index is 0.178. The molecule has 0 bridgehead atoms. The third-order valence-electron chi connectivity index (χ3n) is 3.03. The number of fused-ring (bicyclic) bond motifs is 1. The standard InChI is InChI=1S/C15H10BrFN2OS/c16-8-4-1-2-6-10(8)19-15(20)14-13(18)12-9(17)5-3-7-11(12)21-14/h1-7H,18H2,(H,19,20). The molecule has 3 aromatic rings. The number of hydrogen-bond acceptors (Lipinski definition) is 3. The van der Waals surface area contributed by atoms with E-state index in [1.807, 2.05) is 18.2 Å². The van der Waals surface area contributed by atoms with E-state index in [4.69, 9.17) is 5.73 Å². The summed E-state index contributed by atoms with van der Waals surface area (Å²) in [5.41, 5.74) is 6.75. The largest absolute Gasteiger partial charge is 0.397 e. The summed E-state index contributed by atoms with van der Waals surface area (Å²) in [5, 5.41) is 3.08. The van der Waals surface area contributed by atoms with Crippen molar-refractivity contribution in [1.29, 1.82) is 0 Å². The fraction of sp³-hybridized carbons (Fsp3) is 0. The molecule has 0 radical (unpaired) electrons. The van der Waals surface area contributed by atoms with Crippen molar-refractivity contribution in [2.24, 2.45) is 0 Å². The highest BCUT2D eigenvalue weighted by molar-refractivity contribution is 9.10. The van der Waals surface area contributed by atoms with Gasteiger partial charge < -0.3 is 11.1 Å². The van der Waals surface area contributed by atoms with Gasteiger partial charge >= 0.3 is 0 Å². The molecule has 0 unspecified atom stereocenters. The molecule has 0 aliphatic rings. The van der Waals surface area contributed by atoms with Crippen LogP contribution in [0, 0.1) is 5.82 Å². The van der Waals surface area contributed by atoms with E-state index in [0.717, 1.165) is 4.47 Å². The smallest absolute Gasteiger partial charge is 0.267 e. The Hall–Kier alpha value is -1.92. The van der Waals surface area contributed by atoms with Gasteiger partial charge in [0.15, 0.2) is 0 Å². The first-order valence-corrected chi connectivity index (χ1v) is 7.71. The van der Waals surface area contributed by atoms with Crippen molar-refractivity contribution in [2.45, 2.75) is 0 Å². The van der Waals surface area contributed by atoms with Crippen LogP contribution in [0.1, 0.15) is 9.67 Å². The minimum Gasteiger partial charge on any atom is -0.397 e. The van der Waals surface area contributed by atoms with Gasteiger partial charge in [-0.1, -0.05) is 18.2 Å². The Kier molecular flexibility index (Phi) is 3.65. The van der Waals surface area contributed by atoms with Crippen molar-refractivity contribution in [1.82, 2.24) is 0 Å². The molecule has 0 aliphatic carbocycles. The van der Waals surface area contributed by atoms with Crippen molar-refractivity contribution < 1.29 is 9.18 Å². The molecule has 21 heavy (non-hydrogen) atoms. The van der Waals surface area contributed by atoms with Crippen LogP contribution in [-0.2, 0) is 0 Å². The lowest BCUT2D eigenvalue weighted by Gasteiger charge is -2.06. The van der Waals surface area contributed by atoms with Crippen LogP contribution in [0.5, 0.6) is 0 Å². The van der Waals surface area contributed by atoms with Crippen LogP contribution in [0.25, 0.3) is 10.1 Å². The third kappa shape index (κ3) is 2.52. The predicted molar refractivity (Wildman–Crippen MR) is 88.3 cm³/mol. The molecule has 1 amide bonds. The molecule has 3 N–H and O–H groups in total. The highest BCUT2D eigenvalue weighted by atomic mass is 79.9. The number of benzene rings is 2. The summed E-state index contributed by atoms with van der Waals surface area (Å²) in [6, 6.07) is 11.9. The Balaban J connectivity index is 2.01. The van der Waals surface area contributed by atoms with Crippen molar-refractivity contribution in [3.8, 4) is 0 Å². The molecule has 3 nitrogen and oxygen atoms in total. The highest BCUT2D eigenvalue weighted by Gasteiger charge is 2.19. The SMILES string of the molecule is Nc1c(C(=O)Nc2ccccc2Br)sc2cccc(F)c12. The number of nitrogen functional groups attached to an aromatic ring is 1. The molecule has 1 aromatic heterocycles. The predicted octanol–water partition coefficient (Wildman–Crippen LogP) is 4.64. The second-order valence-electron chi connectivity index (χ2n) is 4.39. The normalized spacial score (nSPS) is 10.8. The number of nitrogens with one attached hydrogen (secondary N) is 1. The molecule has 6 heteroatoms. The number of carbonyl (C=O) groups is 1. The zero-order valence-corrected chi connectivity index (χ0v) is 13.1. The van der Waals surface area contributed by atoms with Crippen molar-refractivity contribution in [3.05, 3.63) is 57.6 Å². The second-order valence-corrected chi connectivity index (χ2v) is 6.30. The van der Waals surface area contributed by atoms with Gasteiger partial charge in [0.25, 0.3) is 5.91 Å². The lowest BCUT2D eigenvalue weighted by Crippen LogP contribution is -2.12. The van der Waals surface area contributed by atoms with E-state index in [9.17, 15) is 9.18 Å². The fourth-order valence-electron chi connectivity index (χ4n) is 2.04. The van der Waals surface area contributed by atoms with Gasteiger partial charge in [0.1, 0.15) is 10.7 Å². The average Bonchev–Trinajstić information content (AvgIpc) is 2.80. The lowest BCUT2D eigenvalue weighted by atomic mass is 10.2. The van der Waals surface area contributed by atoms with Crippen LogP contribution in [0.2, 0.25) is 0 Å². The first kappa shape index (κ1) is 14.0. The molecule has 0 aliphatic heterocycles. The monoisotopic (exact) mass is 364 g/mol. The Bertz CT molecular complexity index is 847. The summed E-state index contributed by atoms with van der Waals surface area (Å²) < 4.78 is 15.2. The Labute approximate surface area is 132 Å².